The number of nitrogens with zero attached hydrogens (tertiary/aromatic N) is 2. The second kappa shape index (κ2) is 17.7. The molecule has 4 saturated carbocycles. The van der Waals surface area contributed by atoms with Crippen LogP contribution in [-0.2, 0) is 0 Å². The van der Waals surface area contributed by atoms with Crippen molar-refractivity contribution in [1.82, 2.24) is 0 Å². The van der Waals surface area contributed by atoms with Gasteiger partial charge in [0.1, 0.15) is 6.07 Å². The maximum atomic E-state index is 8.16. The Labute approximate surface area is 245 Å². The van der Waals surface area contributed by atoms with E-state index >= 15 is 0 Å². The minimum atomic E-state index is 0.679. The van der Waals surface area contributed by atoms with Gasteiger partial charge in [0.05, 0.1) is 12.1 Å². The van der Waals surface area contributed by atoms with E-state index in [-0.39, 0.29) is 0 Å². The maximum Gasteiger partial charge on any atom is 0.100 e. The third kappa shape index (κ3) is 8.23. The molecule has 4 aliphatic carbocycles. The van der Waals surface area contributed by atoms with Gasteiger partial charge in [0, 0.05) is 6.21 Å². The van der Waals surface area contributed by atoms with Crippen LogP contribution in [0.3, 0.4) is 0 Å². The van der Waals surface area contributed by atoms with E-state index in [1.54, 1.807) is 57.2 Å². The summed E-state index contributed by atoms with van der Waals surface area (Å²) in [5, 5.41) is 8.16. The predicted molar refractivity (Wildman–Crippen MR) is 174 cm³/mol. The van der Waals surface area contributed by atoms with Crippen LogP contribution in [0.1, 0.15) is 153 Å². The Bertz CT molecular complexity index is 775. The van der Waals surface area contributed by atoms with Crippen molar-refractivity contribution < 1.29 is 0 Å². The largest absolute Gasteiger partial charge is 0.288 e. The predicted octanol–water partition coefficient (Wildman–Crippen LogP) is 11.7. The Morgan fingerprint density at radius 1 is 0.949 bits per heavy atom. The van der Waals surface area contributed by atoms with Crippen LogP contribution in [0, 0.1) is 63.6 Å². The summed E-state index contributed by atoms with van der Waals surface area (Å²) in [5.41, 5.74) is 2.04. The summed E-state index contributed by atoms with van der Waals surface area (Å²) < 4.78 is 0. The molecule has 2 nitrogen and oxygen atoms in total. The van der Waals surface area contributed by atoms with Gasteiger partial charge in [0.15, 0.2) is 0 Å². The van der Waals surface area contributed by atoms with Gasteiger partial charge < -0.3 is 0 Å². The molecular formula is C37H68N2. The quantitative estimate of drug-likeness (QED) is 0.350. The average Bonchev–Trinajstić information content (AvgIpc) is 3.59. The van der Waals surface area contributed by atoms with Crippen molar-refractivity contribution >= 4 is 6.21 Å². The van der Waals surface area contributed by atoms with Crippen molar-refractivity contribution in [3.05, 3.63) is 11.6 Å². The number of fused-ring (bicyclic) bond motifs is 5. The molecular weight excluding hydrogens is 472 g/mol. The summed E-state index contributed by atoms with van der Waals surface area (Å²) in [4.78, 5) is 3.80. The van der Waals surface area contributed by atoms with Crippen LogP contribution in [0.4, 0.5) is 0 Å². The summed E-state index contributed by atoms with van der Waals surface area (Å²) in [6.45, 7) is 25.9. The molecule has 0 N–H and O–H groups in total. The highest BCUT2D eigenvalue weighted by atomic mass is 14.7. The lowest BCUT2D eigenvalue weighted by molar-refractivity contribution is -0.144. The van der Waals surface area contributed by atoms with Crippen molar-refractivity contribution in [2.24, 2.45) is 57.2 Å². The van der Waals surface area contributed by atoms with E-state index in [9.17, 15) is 0 Å². The number of rotatable bonds is 3. The monoisotopic (exact) mass is 541 g/mol. The molecule has 39 heavy (non-hydrogen) atoms. The van der Waals surface area contributed by atoms with Crippen molar-refractivity contribution in [1.29, 1.82) is 5.26 Å². The summed E-state index contributed by atoms with van der Waals surface area (Å²) >= 11 is 0. The highest BCUT2D eigenvalue weighted by Gasteiger charge is 2.61. The molecule has 1 heterocycles. The SMILES string of the molecule is CC.CC.CCC.CCC[C@H]1CCC2C3CCC4C[C@@H](CC)CCC4(C)C3C(C)CC21C.N#CC1=CCN=C1. The molecule has 0 bridgehead atoms. The van der Waals surface area contributed by atoms with Crippen LogP contribution in [0.25, 0.3) is 0 Å². The highest BCUT2D eigenvalue weighted by Crippen LogP contribution is 2.69. The lowest BCUT2D eigenvalue weighted by Crippen LogP contribution is -2.56. The van der Waals surface area contributed by atoms with E-state index in [4.69, 9.17) is 5.26 Å². The van der Waals surface area contributed by atoms with Crippen molar-refractivity contribution in [2.45, 2.75) is 153 Å². The van der Waals surface area contributed by atoms with E-state index in [0.717, 1.165) is 41.4 Å². The van der Waals surface area contributed by atoms with Gasteiger partial charge >= 0.3 is 0 Å². The first kappa shape index (κ1) is 35.9. The molecule has 1 aliphatic heterocycles. The molecule has 0 spiro atoms. The van der Waals surface area contributed by atoms with Gasteiger partial charge in [-0.3, -0.25) is 4.99 Å². The smallest absolute Gasteiger partial charge is 0.100 e. The van der Waals surface area contributed by atoms with Gasteiger partial charge in [-0.15, -0.1) is 0 Å². The lowest BCUT2D eigenvalue weighted by Gasteiger charge is -2.63. The molecule has 0 radical (unpaired) electrons. The first-order chi connectivity index (χ1) is 18.8. The Morgan fingerprint density at radius 2 is 1.62 bits per heavy atom. The third-order valence-electron chi connectivity index (χ3n) is 11.2. The highest BCUT2D eigenvalue weighted by molar-refractivity contribution is 5.85. The first-order valence-electron chi connectivity index (χ1n) is 17.4. The second-order valence-corrected chi connectivity index (χ2v) is 13.3. The van der Waals surface area contributed by atoms with E-state index < -0.39 is 0 Å². The zero-order valence-electron chi connectivity index (χ0n) is 28.3. The summed E-state index contributed by atoms with van der Waals surface area (Å²) in [7, 11) is 0. The van der Waals surface area contributed by atoms with Gasteiger partial charge in [-0.05, 0) is 110 Å². The zero-order chi connectivity index (χ0) is 29.6. The molecule has 0 saturated heterocycles. The molecule has 9 atom stereocenters. The number of allylic oxidation sites excluding steroid dienone is 1. The topological polar surface area (TPSA) is 36.1 Å². The first-order valence-corrected chi connectivity index (χ1v) is 17.4. The summed E-state index contributed by atoms with van der Waals surface area (Å²) in [6.07, 6.45) is 21.4. The van der Waals surface area contributed by atoms with Crippen molar-refractivity contribution in [2.75, 3.05) is 6.54 Å². The molecule has 7 unspecified atom stereocenters. The summed E-state index contributed by atoms with van der Waals surface area (Å²) in [5.74, 6) is 7.26. The second-order valence-electron chi connectivity index (χ2n) is 13.3. The molecule has 5 aliphatic rings. The summed E-state index contributed by atoms with van der Waals surface area (Å²) in [6, 6.07) is 1.98. The number of hydrogen-bond acceptors (Lipinski definition) is 2. The van der Waals surface area contributed by atoms with E-state index in [1.165, 1.54) is 32.1 Å². The molecule has 0 aromatic rings. The Hall–Kier alpha value is -1.10. The molecule has 0 aromatic carbocycles. The average molecular weight is 541 g/mol. The number of nitriles is 1. The minimum Gasteiger partial charge on any atom is -0.288 e. The van der Waals surface area contributed by atoms with Crippen LogP contribution in [0.2, 0.25) is 0 Å². The molecule has 5 rings (SSSR count). The Kier molecular flexibility index (Phi) is 16.3. The van der Waals surface area contributed by atoms with Gasteiger partial charge in [0.25, 0.3) is 0 Å². The van der Waals surface area contributed by atoms with Gasteiger partial charge in [-0.25, -0.2) is 0 Å². The van der Waals surface area contributed by atoms with E-state index in [0.29, 0.717) is 22.9 Å². The van der Waals surface area contributed by atoms with Gasteiger partial charge in [-0.1, -0.05) is 102 Å². The normalized spacial score (nSPS) is 39.1. The number of aliphatic imine (C=N–C) groups is 1. The van der Waals surface area contributed by atoms with Crippen LogP contribution in [-0.4, -0.2) is 12.8 Å². The fraction of sp³-hybridized carbons (Fsp3) is 0.892. The maximum absolute atomic E-state index is 8.16. The molecule has 2 heteroatoms. The van der Waals surface area contributed by atoms with E-state index in [1.807, 2.05) is 33.8 Å². The van der Waals surface area contributed by atoms with E-state index in [2.05, 4.69) is 53.5 Å². The van der Waals surface area contributed by atoms with Crippen LogP contribution < -0.4 is 0 Å². The van der Waals surface area contributed by atoms with Gasteiger partial charge in [0.2, 0.25) is 0 Å². The number of hydrogen-bond donors (Lipinski definition) is 0. The van der Waals surface area contributed by atoms with Gasteiger partial charge in [-0.2, -0.15) is 5.26 Å². The Morgan fingerprint density at radius 3 is 2.13 bits per heavy atom. The van der Waals surface area contributed by atoms with Crippen LogP contribution >= 0.6 is 0 Å². The molecule has 4 fully saturated rings. The van der Waals surface area contributed by atoms with Crippen LogP contribution in [0.15, 0.2) is 16.6 Å². The standard InChI is InChI=1S/C25H44.C5H4N2.C3H8.2C2H6/c1-6-8-19-10-12-22-21-11-9-20-15-18(7-2)13-14-24(20,4)23(21)17(3)16-25(19,22)5;6-3-5-1-2-7-4-5;1-3-2;2*1-2/h17-23H,6-16H2,1-5H3;1,4H,2H2;3H2,1-2H3;2*1-2H3/t17?,18-,19-,20?,21?,22?,23?,24?,25?;;;;/m0..../s1. The Balaban J connectivity index is 0.000000454. The van der Waals surface area contributed by atoms with Crippen molar-refractivity contribution in [3.63, 3.8) is 0 Å². The molecule has 0 amide bonds. The third-order valence-corrected chi connectivity index (χ3v) is 11.2. The minimum absolute atomic E-state index is 0.679. The molecule has 0 aromatic heterocycles. The lowest BCUT2D eigenvalue weighted by atomic mass is 9.42. The molecule has 226 valence electrons. The zero-order valence-corrected chi connectivity index (χ0v) is 28.3. The van der Waals surface area contributed by atoms with Crippen molar-refractivity contribution in [3.8, 4) is 6.07 Å². The fourth-order valence-corrected chi connectivity index (χ4v) is 9.79. The fourth-order valence-electron chi connectivity index (χ4n) is 9.79. The van der Waals surface area contributed by atoms with Crippen LogP contribution in [0.5, 0.6) is 0 Å².